The fourth-order valence-electron chi connectivity index (χ4n) is 3.43. The van der Waals surface area contributed by atoms with Crippen LogP contribution in [0.25, 0.3) is 5.57 Å². The number of benzene rings is 3. The molecule has 3 aromatic rings. The molecule has 0 radical (unpaired) electrons. The number of carbonyl (C=O) groups excluding carboxylic acids is 2. The van der Waals surface area contributed by atoms with Gasteiger partial charge in [0, 0.05) is 0 Å². The monoisotopic (exact) mass is 434 g/mol. The molecule has 0 aliphatic carbocycles. The van der Waals surface area contributed by atoms with E-state index in [1.807, 2.05) is 30.3 Å². The van der Waals surface area contributed by atoms with Crippen LogP contribution < -0.4 is 19.7 Å². The number of ether oxygens (including phenoxy) is 2. The van der Waals surface area contributed by atoms with Crippen LogP contribution in [0.4, 0.5) is 11.4 Å². The minimum absolute atomic E-state index is 0.160. The largest absolute Gasteiger partial charge is 0.495 e. The molecule has 0 aromatic heterocycles. The molecule has 31 heavy (non-hydrogen) atoms. The highest BCUT2D eigenvalue weighted by Gasteiger charge is 2.40. The van der Waals surface area contributed by atoms with Crippen molar-refractivity contribution in [1.82, 2.24) is 0 Å². The van der Waals surface area contributed by atoms with Crippen LogP contribution in [-0.2, 0) is 9.59 Å². The van der Waals surface area contributed by atoms with E-state index in [1.54, 1.807) is 43.5 Å². The third-order valence-corrected chi connectivity index (χ3v) is 5.20. The van der Waals surface area contributed by atoms with Crippen molar-refractivity contribution < 1.29 is 19.1 Å². The summed E-state index contributed by atoms with van der Waals surface area (Å²) in [4.78, 5) is 28.0. The van der Waals surface area contributed by atoms with Gasteiger partial charge in [-0.2, -0.15) is 0 Å². The number of methoxy groups -OCH3 is 2. The van der Waals surface area contributed by atoms with E-state index < -0.39 is 11.8 Å². The van der Waals surface area contributed by atoms with E-state index in [0.717, 1.165) is 4.90 Å². The average molecular weight is 435 g/mol. The maximum Gasteiger partial charge on any atom is 0.282 e. The summed E-state index contributed by atoms with van der Waals surface area (Å²) in [7, 11) is 3.04. The van der Waals surface area contributed by atoms with Crippen LogP contribution in [0.2, 0.25) is 5.02 Å². The third kappa shape index (κ3) is 3.73. The molecule has 6 nitrogen and oxygen atoms in total. The van der Waals surface area contributed by atoms with Gasteiger partial charge >= 0.3 is 0 Å². The van der Waals surface area contributed by atoms with Gasteiger partial charge in [0.1, 0.15) is 17.2 Å². The number of halogens is 1. The molecule has 0 unspecified atom stereocenters. The van der Waals surface area contributed by atoms with Crippen LogP contribution in [0.15, 0.2) is 78.5 Å². The van der Waals surface area contributed by atoms with Crippen molar-refractivity contribution in [3.8, 4) is 11.5 Å². The summed E-state index contributed by atoms with van der Waals surface area (Å²) in [6.45, 7) is 0. The molecule has 1 aliphatic heterocycles. The van der Waals surface area contributed by atoms with Crippen molar-refractivity contribution in [2.45, 2.75) is 0 Å². The summed E-state index contributed by atoms with van der Waals surface area (Å²) in [6.07, 6.45) is 0. The van der Waals surface area contributed by atoms with Gasteiger partial charge in [-0.1, -0.05) is 54.1 Å². The Morgan fingerprint density at radius 1 is 0.806 bits per heavy atom. The molecule has 0 saturated heterocycles. The third-order valence-electron chi connectivity index (χ3n) is 4.91. The van der Waals surface area contributed by atoms with Crippen molar-refractivity contribution in [3.63, 3.8) is 0 Å². The van der Waals surface area contributed by atoms with Crippen molar-refractivity contribution in [1.29, 1.82) is 0 Å². The summed E-state index contributed by atoms with van der Waals surface area (Å²) in [5, 5.41) is 3.41. The zero-order valence-electron chi connectivity index (χ0n) is 16.9. The van der Waals surface area contributed by atoms with Gasteiger partial charge in [-0.15, -0.1) is 0 Å². The lowest BCUT2D eigenvalue weighted by Crippen LogP contribution is -2.32. The minimum Gasteiger partial charge on any atom is -0.495 e. The number of hydrogen-bond acceptors (Lipinski definition) is 5. The maximum absolute atomic E-state index is 13.4. The Morgan fingerprint density at radius 2 is 1.48 bits per heavy atom. The summed E-state index contributed by atoms with van der Waals surface area (Å²) >= 11 is 6.24. The molecule has 1 heterocycles. The highest BCUT2D eigenvalue weighted by molar-refractivity contribution is 6.46. The first-order valence-corrected chi connectivity index (χ1v) is 9.85. The predicted octanol–water partition coefficient (Wildman–Crippen LogP) is 4.75. The number of hydrogen-bond donors (Lipinski definition) is 1. The number of imide groups is 1. The first-order valence-electron chi connectivity index (χ1n) is 9.47. The number of amides is 2. The smallest absolute Gasteiger partial charge is 0.282 e. The van der Waals surface area contributed by atoms with Gasteiger partial charge in [0.15, 0.2) is 0 Å². The molecule has 2 amide bonds. The molecule has 3 aromatic carbocycles. The van der Waals surface area contributed by atoms with Crippen molar-refractivity contribution in [2.75, 3.05) is 24.4 Å². The minimum atomic E-state index is -0.490. The van der Waals surface area contributed by atoms with Crippen molar-refractivity contribution in [3.05, 3.63) is 89.1 Å². The topological polar surface area (TPSA) is 67.9 Å². The lowest BCUT2D eigenvalue weighted by Gasteiger charge is -2.17. The fourth-order valence-corrected chi connectivity index (χ4v) is 3.68. The number of nitrogens with one attached hydrogen (secondary N) is 1. The molecule has 7 heteroatoms. The lowest BCUT2D eigenvalue weighted by molar-refractivity contribution is -0.120. The van der Waals surface area contributed by atoms with Gasteiger partial charge in [-0.3, -0.25) is 9.59 Å². The maximum atomic E-state index is 13.4. The first kappa shape index (κ1) is 20.5. The van der Waals surface area contributed by atoms with Crippen LogP contribution >= 0.6 is 11.6 Å². The Labute approximate surface area is 184 Å². The van der Waals surface area contributed by atoms with Gasteiger partial charge in [0.2, 0.25) is 0 Å². The van der Waals surface area contributed by atoms with E-state index in [1.165, 1.54) is 13.2 Å². The Balaban J connectivity index is 1.82. The van der Waals surface area contributed by atoms with Gasteiger partial charge < -0.3 is 14.8 Å². The molecule has 0 fully saturated rings. The van der Waals surface area contributed by atoms with E-state index in [0.29, 0.717) is 33.5 Å². The quantitative estimate of drug-likeness (QED) is 0.567. The second-order valence-corrected chi connectivity index (χ2v) is 7.11. The molecule has 156 valence electrons. The molecule has 4 rings (SSSR count). The summed E-state index contributed by atoms with van der Waals surface area (Å²) in [6, 6.07) is 21.0. The van der Waals surface area contributed by atoms with E-state index >= 15 is 0 Å². The molecule has 0 spiro atoms. The fraction of sp³-hybridized carbons (Fsp3) is 0.0833. The SMILES string of the molecule is COc1ccc(N2C(=O)C(Nc3ccccc3OC)=C(c3ccccc3)C2=O)cc1Cl. The molecule has 1 aliphatic rings. The Kier molecular flexibility index (Phi) is 5.64. The summed E-state index contributed by atoms with van der Waals surface area (Å²) in [5.74, 6) is 0.0625. The predicted molar refractivity (Wildman–Crippen MR) is 120 cm³/mol. The Morgan fingerprint density at radius 3 is 2.16 bits per heavy atom. The van der Waals surface area contributed by atoms with Crippen LogP contribution in [0.5, 0.6) is 11.5 Å². The molecule has 0 atom stereocenters. The average Bonchev–Trinajstić information content (AvgIpc) is 3.04. The number of para-hydroxylation sites is 2. The van der Waals surface area contributed by atoms with E-state index in [2.05, 4.69) is 5.32 Å². The van der Waals surface area contributed by atoms with Gasteiger partial charge in [0.25, 0.3) is 11.8 Å². The van der Waals surface area contributed by atoms with Gasteiger partial charge in [0.05, 0.1) is 36.2 Å². The number of rotatable bonds is 6. The molecule has 0 saturated carbocycles. The second-order valence-electron chi connectivity index (χ2n) is 6.71. The van der Waals surface area contributed by atoms with E-state index in [9.17, 15) is 9.59 Å². The van der Waals surface area contributed by atoms with Crippen LogP contribution in [0.1, 0.15) is 5.56 Å². The second kappa shape index (κ2) is 8.53. The van der Waals surface area contributed by atoms with Gasteiger partial charge in [-0.25, -0.2) is 4.90 Å². The summed E-state index contributed by atoms with van der Waals surface area (Å²) in [5.41, 5.74) is 1.98. The molecule has 0 bridgehead atoms. The summed E-state index contributed by atoms with van der Waals surface area (Å²) < 4.78 is 10.6. The first-order chi connectivity index (χ1) is 15.0. The van der Waals surface area contributed by atoms with Crippen molar-refractivity contribution >= 4 is 40.4 Å². The van der Waals surface area contributed by atoms with E-state index in [-0.39, 0.29) is 11.3 Å². The molecule has 1 N–H and O–H groups in total. The zero-order chi connectivity index (χ0) is 22.0. The van der Waals surface area contributed by atoms with Crippen LogP contribution in [-0.4, -0.2) is 26.0 Å². The molecular weight excluding hydrogens is 416 g/mol. The van der Waals surface area contributed by atoms with Crippen molar-refractivity contribution in [2.24, 2.45) is 0 Å². The number of carbonyl (C=O) groups is 2. The highest BCUT2D eigenvalue weighted by Crippen LogP contribution is 2.37. The highest BCUT2D eigenvalue weighted by atomic mass is 35.5. The van der Waals surface area contributed by atoms with Crippen LogP contribution in [0.3, 0.4) is 0 Å². The zero-order valence-corrected chi connectivity index (χ0v) is 17.6. The van der Waals surface area contributed by atoms with Crippen LogP contribution in [0, 0.1) is 0 Å². The Bertz CT molecular complexity index is 1190. The van der Waals surface area contributed by atoms with Gasteiger partial charge in [-0.05, 0) is 35.9 Å². The number of anilines is 2. The number of nitrogens with zero attached hydrogens (tertiary/aromatic N) is 1. The Hall–Kier alpha value is -3.77. The standard InChI is InChI=1S/C24H19ClN2O4/c1-30-19-13-12-16(14-17(19)25)27-23(28)21(15-8-4-3-5-9-15)22(24(27)29)26-18-10-6-7-11-20(18)31-2/h3-14,26H,1-2H3. The van der Waals surface area contributed by atoms with E-state index in [4.69, 9.17) is 21.1 Å². The normalized spacial score (nSPS) is 13.6. The lowest BCUT2D eigenvalue weighted by atomic mass is 10.0. The molecular formula is C24H19ClN2O4.